The highest BCUT2D eigenvalue weighted by molar-refractivity contribution is 7.89. The molecule has 0 atom stereocenters. The molecule has 1 N–H and O–H groups in total. The third kappa shape index (κ3) is 4.75. The second kappa shape index (κ2) is 9.36. The molecular weight excluding hydrogens is 412 g/mol. The molecule has 166 valence electrons. The van der Waals surface area contributed by atoms with Gasteiger partial charge in [0, 0.05) is 37.9 Å². The number of amides is 1. The number of hydrogen-bond acceptors (Lipinski definition) is 5. The van der Waals surface area contributed by atoms with E-state index in [0.717, 1.165) is 57.2 Å². The molecule has 0 saturated carbocycles. The molecule has 0 spiro atoms. The minimum absolute atomic E-state index is 0.238. The molecule has 0 radical (unpaired) electrons. The van der Waals surface area contributed by atoms with Crippen molar-refractivity contribution in [3.63, 3.8) is 0 Å². The molecule has 0 aliphatic carbocycles. The van der Waals surface area contributed by atoms with Crippen LogP contribution in [0.2, 0.25) is 0 Å². The molecule has 1 aromatic carbocycles. The highest BCUT2D eigenvalue weighted by atomic mass is 32.2. The number of aryl methyl sites for hydroxylation is 1. The van der Waals surface area contributed by atoms with Crippen LogP contribution in [0.4, 0.5) is 11.5 Å². The van der Waals surface area contributed by atoms with Crippen LogP contribution < -0.4 is 10.2 Å². The summed E-state index contributed by atoms with van der Waals surface area (Å²) >= 11 is 0. The second-order valence-corrected chi connectivity index (χ2v) is 10.2. The van der Waals surface area contributed by atoms with Gasteiger partial charge in [-0.1, -0.05) is 12.5 Å². The zero-order chi connectivity index (χ0) is 21.8. The Kier molecular flexibility index (Phi) is 6.57. The molecule has 2 aromatic rings. The molecule has 2 fully saturated rings. The van der Waals surface area contributed by atoms with E-state index in [1.807, 2.05) is 19.1 Å². The van der Waals surface area contributed by atoms with Gasteiger partial charge in [-0.05, 0) is 68.9 Å². The molecule has 7 nitrogen and oxygen atoms in total. The van der Waals surface area contributed by atoms with Crippen molar-refractivity contribution < 1.29 is 13.2 Å². The van der Waals surface area contributed by atoms with Crippen LogP contribution in [-0.4, -0.2) is 49.8 Å². The third-order valence-electron chi connectivity index (χ3n) is 6.09. The molecular formula is C23H30N4O3S. The Bertz CT molecular complexity index is 1040. The summed E-state index contributed by atoms with van der Waals surface area (Å²) in [6, 6.07) is 8.73. The maximum Gasteiger partial charge on any atom is 0.256 e. The molecule has 1 aromatic heterocycles. The average Bonchev–Trinajstić information content (AvgIpc) is 2.81. The summed E-state index contributed by atoms with van der Waals surface area (Å²) in [5, 5.41) is 2.81. The smallest absolute Gasteiger partial charge is 0.256 e. The largest absolute Gasteiger partial charge is 0.370 e. The predicted molar refractivity (Wildman–Crippen MR) is 122 cm³/mol. The van der Waals surface area contributed by atoms with E-state index >= 15 is 0 Å². The van der Waals surface area contributed by atoms with Gasteiger partial charge in [0.25, 0.3) is 5.91 Å². The van der Waals surface area contributed by atoms with Gasteiger partial charge in [0.2, 0.25) is 10.0 Å². The van der Waals surface area contributed by atoms with Crippen molar-refractivity contribution in [2.75, 3.05) is 36.4 Å². The maximum absolute atomic E-state index is 13.6. The molecule has 31 heavy (non-hydrogen) atoms. The lowest BCUT2D eigenvalue weighted by atomic mass is 10.1. The zero-order valence-corrected chi connectivity index (χ0v) is 18.8. The van der Waals surface area contributed by atoms with Gasteiger partial charge in [0.1, 0.15) is 10.7 Å². The lowest BCUT2D eigenvalue weighted by molar-refractivity contribution is 0.102. The number of carbonyl (C=O) groups excluding carboxylic acids is 1. The van der Waals surface area contributed by atoms with Crippen LogP contribution in [0, 0.1) is 6.92 Å². The van der Waals surface area contributed by atoms with Crippen molar-refractivity contribution in [2.45, 2.75) is 50.3 Å². The van der Waals surface area contributed by atoms with Crippen LogP contribution >= 0.6 is 0 Å². The maximum atomic E-state index is 13.6. The van der Waals surface area contributed by atoms with Gasteiger partial charge >= 0.3 is 0 Å². The van der Waals surface area contributed by atoms with E-state index in [4.69, 9.17) is 0 Å². The number of nitrogens with one attached hydrogen (secondary N) is 1. The van der Waals surface area contributed by atoms with Crippen molar-refractivity contribution in [2.24, 2.45) is 0 Å². The molecule has 4 rings (SSSR count). The molecule has 8 heteroatoms. The van der Waals surface area contributed by atoms with Crippen molar-refractivity contribution in [1.82, 2.24) is 9.29 Å². The first-order valence-corrected chi connectivity index (χ1v) is 12.5. The highest BCUT2D eigenvalue weighted by Gasteiger charge is 2.31. The highest BCUT2D eigenvalue weighted by Crippen LogP contribution is 2.32. The number of pyridine rings is 1. The second-order valence-electron chi connectivity index (χ2n) is 8.32. The van der Waals surface area contributed by atoms with Crippen LogP contribution in [0.3, 0.4) is 0 Å². The number of rotatable bonds is 5. The Morgan fingerprint density at radius 3 is 2.32 bits per heavy atom. The fourth-order valence-corrected chi connectivity index (χ4v) is 6.05. The lowest BCUT2D eigenvalue weighted by Crippen LogP contribution is -2.37. The normalized spacial score (nSPS) is 18.0. The SMILES string of the molecule is Cc1cccnc1NC(=O)c1ccc(N2CCCCC2)c(S(=O)(=O)N2CCCCC2)c1. The minimum Gasteiger partial charge on any atom is -0.370 e. The van der Waals surface area contributed by atoms with E-state index in [0.29, 0.717) is 30.2 Å². The fourth-order valence-electron chi connectivity index (χ4n) is 4.30. The van der Waals surface area contributed by atoms with Crippen molar-refractivity contribution in [1.29, 1.82) is 0 Å². The molecule has 0 unspecified atom stereocenters. The van der Waals surface area contributed by atoms with E-state index in [2.05, 4.69) is 15.2 Å². The van der Waals surface area contributed by atoms with Crippen LogP contribution in [0.15, 0.2) is 41.4 Å². The number of hydrogen-bond donors (Lipinski definition) is 1. The number of piperidine rings is 2. The number of aromatic nitrogens is 1. The quantitative estimate of drug-likeness (QED) is 0.761. The zero-order valence-electron chi connectivity index (χ0n) is 18.0. The number of carbonyl (C=O) groups is 1. The first kappa shape index (κ1) is 21.8. The Morgan fingerprint density at radius 2 is 1.65 bits per heavy atom. The number of benzene rings is 1. The molecule has 3 heterocycles. The lowest BCUT2D eigenvalue weighted by Gasteiger charge is -2.33. The Morgan fingerprint density at radius 1 is 0.968 bits per heavy atom. The Labute approximate surface area is 184 Å². The van der Waals surface area contributed by atoms with Crippen LogP contribution in [-0.2, 0) is 10.0 Å². The monoisotopic (exact) mass is 442 g/mol. The summed E-state index contributed by atoms with van der Waals surface area (Å²) in [5.74, 6) is 0.120. The van der Waals surface area contributed by atoms with Gasteiger partial charge in [-0.15, -0.1) is 0 Å². The van der Waals surface area contributed by atoms with Crippen LogP contribution in [0.25, 0.3) is 0 Å². The van der Waals surface area contributed by atoms with Gasteiger partial charge in [-0.3, -0.25) is 4.79 Å². The molecule has 1 amide bonds. The van der Waals surface area contributed by atoms with Crippen LogP contribution in [0.1, 0.15) is 54.4 Å². The first-order valence-electron chi connectivity index (χ1n) is 11.1. The Balaban J connectivity index is 1.70. The number of anilines is 2. The molecule has 2 saturated heterocycles. The number of sulfonamides is 1. The van der Waals surface area contributed by atoms with Gasteiger partial charge in [-0.2, -0.15) is 4.31 Å². The fraction of sp³-hybridized carbons (Fsp3) is 0.478. The van der Waals surface area contributed by atoms with Gasteiger partial charge in [-0.25, -0.2) is 13.4 Å². The topological polar surface area (TPSA) is 82.6 Å². The van der Waals surface area contributed by atoms with E-state index < -0.39 is 10.0 Å². The Hall–Kier alpha value is -2.45. The molecule has 2 aliphatic rings. The van der Waals surface area contributed by atoms with Crippen molar-refractivity contribution >= 4 is 27.4 Å². The van der Waals surface area contributed by atoms with Crippen LogP contribution in [0.5, 0.6) is 0 Å². The van der Waals surface area contributed by atoms with Crippen molar-refractivity contribution in [3.05, 3.63) is 47.7 Å². The third-order valence-corrected chi connectivity index (χ3v) is 8.02. The number of nitrogens with zero attached hydrogens (tertiary/aromatic N) is 3. The standard InChI is InChI=1S/C23H30N4O3S/c1-18-9-8-12-24-22(18)25-23(28)19-10-11-20(26-13-4-2-5-14-26)21(17-19)31(29,30)27-15-6-3-7-16-27/h8-12,17H,2-7,13-16H2,1H3,(H,24,25,28). The summed E-state index contributed by atoms with van der Waals surface area (Å²) in [5.41, 5.74) is 1.87. The molecule has 0 bridgehead atoms. The van der Waals surface area contributed by atoms with E-state index in [1.54, 1.807) is 28.7 Å². The first-order chi connectivity index (χ1) is 15.0. The van der Waals surface area contributed by atoms with Gasteiger partial charge < -0.3 is 10.2 Å². The van der Waals surface area contributed by atoms with Gasteiger partial charge in [0.15, 0.2) is 0 Å². The summed E-state index contributed by atoms with van der Waals surface area (Å²) < 4.78 is 28.8. The van der Waals surface area contributed by atoms with Crippen molar-refractivity contribution in [3.8, 4) is 0 Å². The average molecular weight is 443 g/mol. The summed E-state index contributed by atoms with van der Waals surface area (Å²) in [6.45, 7) is 4.60. The molecule has 2 aliphatic heterocycles. The summed E-state index contributed by atoms with van der Waals surface area (Å²) in [7, 11) is -3.68. The van der Waals surface area contributed by atoms with E-state index in [9.17, 15) is 13.2 Å². The van der Waals surface area contributed by atoms with E-state index in [-0.39, 0.29) is 10.8 Å². The predicted octanol–water partition coefficient (Wildman–Crippen LogP) is 3.81. The van der Waals surface area contributed by atoms with Gasteiger partial charge in [0.05, 0.1) is 5.69 Å². The van der Waals surface area contributed by atoms with E-state index in [1.165, 1.54) is 0 Å². The minimum atomic E-state index is -3.68. The summed E-state index contributed by atoms with van der Waals surface area (Å²) in [4.78, 5) is 19.5. The summed E-state index contributed by atoms with van der Waals surface area (Å²) in [6.07, 6.45) is 7.67.